The highest BCUT2D eigenvalue weighted by atomic mass is 16.3. The van der Waals surface area contributed by atoms with Gasteiger partial charge in [-0.15, -0.1) is 0 Å². The number of carbonyl (C=O) groups excluding carboxylic acids is 2. The molecule has 0 aromatic heterocycles. The molecule has 2 atom stereocenters. The molecule has 0 aliphatic carbocycles. The van der Waals surface area contributed by atoms with Crippen LogP contribution in [0.4, 0.5) is 0 Å². The summed E-state index contributed by atoms with van der Waals surface area (Å²) >= 11 is 0. The summed E-state index contributed by atoms with van der Waals surface area (Å²) in [5, 5.41) is 9.00. The van der Waals surface area contributed by atoms with Crippen molar-refractivity contribution in [3.8, 4) is 0 Å². The predicted molar refractivity (Wildman–Crippen MR) is 78.9 cm³/mol. The van der Waals surface area contributed by atoms with Crippen LogP contribution >= 0.6 is 0 Å². The second kappa shape index (κ2) is 4.67. The first-order valence-corrected chi connectivity index (χ1v) is 7.45. The lowest BCUT2D eigenvalue weighted by atomic mass is 9.90. The number of aliphatic hydroxyl groups is 1. The number of rotatable bonds is 2. The molecule has 1 fully saturated rings. The largest absolute Gasteiger partial charge is 0.388 e. The van der Waals surface area contributed by atoms with Gasteiger partial charge in [-0.1, -0.05) is 32.9 Å². The van der Waals surface area contributed by atoms with E-state index in [2.05, 4.69) is 0 Å². The fraction of sp³-hybridized carbons (Fsp3) is 0.529. The number of Topliss-reactive ketones (excluding diaryl/α,β-unsaturated/α-hetero) is 1. The highest BCUT2D eigenvalue weighted by molar-refractivity contribution is 5.97. The summed E-state index contributed by atoms with van der Waals surface area (Å²) in [7, 11) is 0. The second-order valence-corrected chi connectivity index (χ2v) is 7.00. The SMILES string of the molecule is CC(C)(C)C(=O)N1C2CCC1c1cc(C(=O)CO)ccc12. The maximum Gasteiger partial charge on any atom is 0.228 e. The van der Waals surface area contributed by atoms with Crippen molar-refractivity contribution in [1.29, 1.82) is 0 Å². The zero-order valence-electron chi connectivity index (χ0n) is 12.7. The van der Waals surface area contributed by atoms with Crippen LogP contribution in [0.15, 0.2) is 18.2 Å². The Bertz CT molecular complexity index is 615. The van der Waals surface area contributed by atoms with E-state index < -0.39 is 12.0 Å². The second-order valence-electron chi connectivity index (χ2n) is 7.00. The zero-order valence-corrected chi connectivity index (χ0v) is 12.7. The highest BCUT2D eigenvalue weighted by Gasteiger charge is 2.48. The molecule has 4 nitrogen and oxygen atoms in total. The molecule has 1 aromatic rings. The summed E-state index contributed by atoms with van der Waals surface area (Å²) in [5.74, 6) is -0.101. The maximum atomic E-state index is 12.7. The van der Waals surface area contributed by atoms with E-state index in [1.54, 1.807) is 6.07 Å². The van der Waals surface area contributed by atoms with Gasteiger partial charge in [0.1, 0.15) is 6.61 Å². The Hall–Kier alpha value is -1.68. The van der Waals surface area contributed by atoms with Crippen LogP contribution in [0, 0.1) is 5.41 Å². The van der Waals surface area contributed by atoms with Gasteiger partial charge in [-0.05, 0) is 30.0 Å². The summed E-state index contributed by atoms with van der Waals surface area (Å²) in [6.45, 7) is 5.35. The molecule has 2 aliphatic heterocycles. The minimum absolute atomic E-state index is 0.0863. The van der Waals surface area contributed by atoms with Crippen LogP contribution < -0.4 is 0 Å². The van der Waals surface area contributed by atoms with Gasteiger partial charge < -0.3 is 10.0 Å². The van der Waals surface area contributed by atoms with Crippen LogP contribution in [0.5, 0.6) is 0 Å². The molecule has 112 valence electrons. The van der Waals surface area contributed by atoms with E-state index in [-0.39, 0.29) is 23.8 Å². The van der Waals surface area contributed by atoms with Crippen LogP contribution in [0.3, 0.4) is 0 Å². The lowest BCUT2D eigenvalue weighted by Crippen LogP contribution is -2.37. The van der Waals surface area contributed by atoms with Gasteiger partial charge in [-0.2, -0.15) is 0 Å². The Kier molecular flexibility index (Phi) is 3.17. The van der Waals surface area contributed by atoms with Gasteiger partial charge in [0, 0.05) is 11.0 Å². The summed E-state index contributed by atoms with van der Waals surface area (Å²) in [6, 6.07) is 5.81. The van der Waals surface area contributed by atoms with Gasteiger partial charge in [-0.3, -0.25) is 9.59 Å². The van der Waals surface area contributed by atoms with E-state index in [9.17, 15) is 9.59 Å². The number of nitrogens with zero attached hydrogens (tertiary/aromatic N) is 1. The lowest BCUT2D eigenvalue weighted by molar-refractivity contribution is -0.142. The Morgan fingerprint density at radius 2 is 1.81 bits per heavy atom. The van der Waals surface area contributed by atoms with Gasteiger partial charge in [0.05, 0.1) is 12.1 Å². The van der Waals surface area contributed by atoms with Crippen molar-refractivity contribution in [3.63, 3.8) is 0 Å². The molecule has 1 saturated heterocycles. The smallest absolute Gasteiger partial charge is 0.228 e. The molecule has 2 bridgehead atoms. The summed E-state index contributed by atoms with van der Waals surface area (Å²) in [4.78, 5) is 26.4. The third-order valence-electron chi connectivity index (χ3n) is 4.53. The molecule has 2 heterocycles. The van der Waals surface area contributed by atoms with Crippen molar-refractivity contribution >= 4 is 11.7 Å². The monoisotopic (exact) mass is 287 g/mol. The highest BCUT2D eigenvalue weighted by Crippen LogP contribution is 2.54. The molecule has 0 spiro atoms. The molecule has 1 amide bonds. The summed E-state index contributed by atoms with van der Waals surface area (Å²) in [5.41, 5.74) is 2.39. The average molecular weight is 287 g/mol. The van der Waals surface area contributed by atoms with E-state index in [1.165, 1.54) is 5.56 Å². The molecular weight excluding hydrogens is 266 g/mol. The predicted octanol–water partition coefficient (Wildman–Crippen LogP) is 2.63. The number of aliphatic hydroxyl groups excluding tert-OH is 1. The van der Waals surface area contributed by atoms with Crippen molar-refractivity contribution in [1.82, 2.24) is 4.90 Å². The van der Waals surface area contributed by atoms with E-state index in [0.29, 0.717) is 5.56 Å². The molecule has 1 aromatic carbocycles. The van der Waals surface area contributed by atoms with Crippen LogP contribution in [0.1, 0.15) is 67.2 Å². The normalized spacial score (nSPS) is 23.3. The van der Waals surface area contributed by atoms with Gasteiger partial charge in [0.25, 0.3) is 0 Å². The minimum Gasteiger partial charge on any atom is -0.388 e. The van der Waals surface area contributed by atoms with Crippen molar-refractivity contribution < 1.29 is 14.7 Å². The van der Waals surface area contributed by atoms with Crippen molar-refractivity contribution in [3.05, 3.63) is 34.9 Å². The molecule has 4 heteroatoms. The van der Waals surface area contributed by atoms with E-state index in [4.69, 9.17) is 5.11 Å². The maximum absolute atomic E-state index is 12.7. The Labute approximate surface area is 124 Å². The number of hydrogen-bond donors (Lipinski definition) is 1. The van der Waals surface area contributed by atoms with Crippen LogP contribution in [-0.2, 0) is 4.79 Å². The topological polar surface area (TPSA) is 57.6 Å². The number of hydrogen-bond acceptors (Lipinski definition) is 3. The molecule has 1 N–H and O–H groups in total. The Morgan fingerprint density at radius 3 is 2.38 bits per heavy atom. The van der Waals surface area contributed by atoms with Crippen LogP contribution in [0.2, 0.25) is 0 Å². The fourth-order valence-corrected chi connectivity index (χ4v) is 3.52. The van der Waals surface area contributed by atoms with E-state index in [1.807, 2.05) is 37.8 Å². The molecular formula is C17H21NO3. The van der Waals surface area contributed by atoms with Gasteiger partial charge in [0.15, 0.2) is 5.78 Å². The first-order valence-electron chi connectivity index (χ1n) is 7.45. The summed E-state index contributed by atoms with van der Waals surface area (Å²) in [6.07, 6.45) is 1.95. The number of benzene rings is 1. The van der Waals surface area contributed by atoms with E-state index >= 15 is 0 Å². The third-order valence-corrected chi connectivity index (χ3v) is 4.53. The van der Waals surface area contributed by atoms with Crippen molar-refractivity contribution in [2.75, 3.05) is 6.61 Å². The number of fused-ring (bicyclic) bond motifs is 5. The van der Waals surface area contributed by atoms with Crippen molar-refractivity contribution in [2.24, 2.45) is 5.41 Å². The van der Waals surface area contributed by atoms with E-state index in [0.717, 1.165) is 18.4 Å². The summed E-state index contributed by atoms with van der Waals surface area (Å²) < 4.78 is 0. The minimum atomic E-state index is -0.475. The number of ketones is 1. The first-order chi connectivity index (χ1) is 9.84. The average Bonchev–Trinajstić information content (AvgIpc) is 3.00. The van der Waals surface area contributed by atoms with Gasteiger partial charge in [0.2, 0.25) is 5.91 Å². The van der Waals surface area contributed by atoms with Crippen LogP contribution in [0.25, 0.3) is 0 Å². The first kappa shape index (κ1) is 14.3. The molecule has 0 saturated carbocycles. The lowest BCUT2D eigenvalue weighted by Gasteiger charge is -2.30. The van der Waals surface area contributed by atoms with Gasteiger partial charge in [-0.25, -0.2) is 0 Å². The van der Waals surface area contributed by atoms with Crippen molar-refractivity contribution in [2.45, 2.75) is 45.7 Å². The molecule has 2 aliphatic rings. The Balaban J connectivity index is 1.99. The molecule has 3 rings (SSSR count). The standard InChI is InChI=1S/C17H21NO3/c1-17(2,3)16(21)18-13-6-7-14(18)12-8-10(15(20)9-19)4-5-11(12)13/h4-5,8,13-14,19H,6-7,9H2,1-3H3. The van der Waals surface area contributed by atoms with Crippen LogP contribution in [-0.4, -0.2) is 28.3 Å². The third kappa shape index (κ3) is 2.09. The Morgan fingerprint density at radius 1 is 1.19 bits per heavy atom. The molecule has 0 radical (unpaired) electrons. The quantitative estimate of drug-likeness (QED) is 0.851. The number of carbonyl (C=O) groups is 2. The molecule has 21 heavy (non-hydrogen) atoms. The number of amides is 1. The zero-order chi connectivity index (χ0) is 15.4. The fourth-order valence-electron chi connectivity index (χ4n) is 3.52. The van der Waals surface area contributed by atoms with Gasteiger partial charge >= 0.3 is 0 Å². The molecule has 2 unspecified atom stereocenters.